The fraction of sp³-hybridized carbons (Fsp3) is 0.545. The summed E-state index contributed by atoms with van der Waals surface area (Å²) in [5.74, 6) is 1.12. The maximum atomic E-state index is 8.73. The molecule has 0 spiro atoms. The van der Waals surface area contributed by atoms with Crippen LogP contribution in [0.2, 0.25) is 0 Å². The fourth-order valence-corrected chi connectivity index (χ4v) is 2.22. The van der Waals surface area contributed by atoms with Crippen LogP contribution in [0.4, 0.5) is 0 Å². The quantitative estimate of drug-likeness (QED) is 0.782. The molecular formula is C11H17NOS. The lowest BCUT2D eigenvalue weighted by atomic mass is 10.2. The average Bonchev–Trinajstić information content (AvgIpc) is 2.20. The van der Waals surface area contributed by atoms with Crippen molar-refractivity contribution in [3.05, 3.63) is 30.1 Å². The summed E-state index contributed by atoms with van der Waals surface area (Å²) >= 11 is 1.92. The maximum absolute atomic E-state index is 8.73. The number of aryl methyl sites for hydroxylation is 1. The lowest BCUT2D eigenvalue weighted by Gasteiger charge is -2.08. The second-order valence-corrected chi connectivity index (χ2v) is 4.85. The maximum Gasteiger partial charge on any atom is 0.0441 e. The zero-order valence-corrected chi connectivity index (χ0v) is 9.33. The van der Waals surface area contributed by atoms with Crippen molar-refractivity contribution in [1.82, 2.24) is 4.98 Å². The number of aliphatic hydroxyl groups is 1. The van der Waals surface area contributed by atoms with Gasteiger partial charge in [-0.05, 0) is 36.3 Å². The molecule has 0 amide bonds. The van der Waals surface area contributed by atoms with Crippen molar-refractivity contribution in [2.75, 3.05) is 12.4 Å². The van der Waals surface area contributed by atoms with E-state index in [0.29, 0.717) is 11.9 Å². The Morgan fingerprint density at radius 3 is 2.79 bits per heavy atom. The summed E-state index contributed by atoms with van der Waals surface area (Å²) in [4.78, 5) is 3.98. The number of aliphatic hydroxyl groups excluding tert-OH is 1. The number of hydrogen-bond acceptors (Lipinski definition) is 3. The summed E-state index contributed by atoms with van der Waals surface area (Å²) in [5.41, 5.74) is 1.34. The van der Waals surface area contributed by atoms with Gasteiger partial charge in [-0.2, -0.15) is 11.8 Å². The molecule has 14 heavy (non-hydrogen) atoms. The number of pyridine rings is 1. The number of aromatic nitrogens is 1. The molecule has 2 nitrogen and oxygen atoms in total. The second-order valence-electron chi connectivity index (χ2n) is 3.30. The highest BCUT2D eigenvalue weighted by atomic mass is 32.2. The topological polar surface area (TPSA) is 33.1 Å². The largest absolute Gasteiger partial charge is 0.396 e. The number of thioether (sulfide) groups is 1. The summed E-state index contributed by atoms with van der Waals surface area (Å²) in [5, 5.41) is 9.29. The molecule has 0 aliphatic heterocycles. The minimum absolute atomic E-state index is 0.295. The van der Waals surface area contributed by atoms with Crippen LogP contribution in [0.3, 0.4) is 0 Å². The number of hydrogen-bond donors (Lipinski definition) is 1. The molecule has 1 rings (SSSR count). The minimum Gasteiger partial charge on any atom is -0.396 e. The van der Waals surface area contributed by atoms with Crippen molar-refractivity contribution >= 4 is 11.8 Å². The van der Waals surface area contributed by atoms with E-state index in [4.69, 9.17) is 5.11 Å². The molecule has 0 aromatic carbocycles. The average molecular weight is 211 g/mol. The van der Waals surface area contributed by atoms with Gasteiger partial charge in [0.15, 0.2) is 0 Å². The van der Waals surface area contributed by atoms with E-state index in [1.54, 1.807) is 0 Å². The number of rotatable bonds is 6. The van der Waals surface area contributed by atoms with E-state index in [2.05, 4.69) is 24.0 Å². The van der Waals surface area contributed by atoms with Crippen LogP contribution in [0.15, 0.2) is 24.5 Å². The van der Waals surface area contributed by atoms with Crippen molar-refractivity contribution < 1.29 is 5.11 Å². The molecule has 1 unspecified atom stereocenters. The van der Waals surface area contributed by atoms with Crippen LogP contribution in [0, 0.1) is 0 Å². The van der Waals surface area contributed by atoms with Gasteiger partial charge in [0.05, 0.1) is 0 Å². The third-order valence-corrected chi connectivity index (χ3v) is 3.32. The zero-order chi connectivity index (χ0) is 10.2. The summed E-state index contributed by atoms with van der Waals surface area (Å²) in [6, 6.07) is 4.11. The van der Waals surface area contributed by atoms with E-state index in [-0.39, 0.29) is 0 Å². The molecule has 1 aromatic rings. The molecule has 0 aliphatic rings. The molecule has 3 heteroatoms. The zero-order valence-electron chi connectivity index (χ0n) is 8.52. The predicted molar refractivity (Wildman–Crippen MR) is 61.6 cm³/mol. The van der Waals surface area contributed by atoms with Crippen LogP contribution in [0.5, 0.6) is 0 Å². The first-order valence-electron chi connectivity index (χ1n) is 4.94. The Morgan fingerprint density at radius 1 is 1.43 bits per heavy atom. The highest BCUT2D eigenvalue weighted by Gasteiger charge is 2.01. The molecule has 0 saturated heterocycles. The Hall–Kier alpha value is -0.540. The summed E-state index contributed by atoms with van der Waals surface area (Å²) < 4.78 is 0. The summed E-state index contributed by atoms with van der Waals surface area (Å²) in [6.45, 7) is 2.46. The van der Waals surface area contributed by atoms with Gasteiger partial charge in [0, 0.05) is 24.3 Å². The van der Waals surface area contributed by atoms with Gasteiger partial charge in [0.25, 0.3) is 0 Å². The third kappa shape index (κ3) is 4.63. The lowest BCUT2D eigenvalue weighted by molar-refractivity contribution is 0.289. The predicted octanol–water partition coefficient (Wildman–Crippen LogP) is 2.13. The van der Waals surface area contributed by atoms with Gasteiger partial charge in [-0.1, -0.05) is 6.92 Å². The Balaban J connectivity index is 2.16. The van der Waals surface area contributed by atoms with Gasteiger partial charge in [0.2, 0.25) is 0 Å². The van der Waals surface area contributed by atoms with Crippen molar-refractivity contribution in [3.63, 3.8) is 0 Å². The van der Waals surface area contributed by atoms with Crippen LogP contribution >= 0.6 is 11.8 Å². The van der Waals surface area contributed by atoms with E-state index >= 15 is 0 Å². The monoisotopic (exact) mass is 211 g/mol. The molecule has 1 heterocycles. The van der Waals surface area contributed by atoms with Crippen molar-refractivity contribution in [3.8, 4) is 0 Å². The first-order chi connectivity index (χ1) is 6.83. The first-order valence-corrected chi connectivity index (χ1v) is 5.99. The van der Waals surface area contributed by atoms with Crippen molar-refractivity contribution in [1.29, 1.82) is 0 Å². The Kier molecular flexibility index (Phi) is 5.64. The van der Waals surface area contributed by atoms with E-state index < -0.39 is 0 Å². The normalized spacial score (nSPS) is 12.7. The summed E-state index contributed by atoms with van der Waals surface area (Å²) in [7, 11) is 0. The van der Waals surface area contributed by atoms with Crippen molar-refractivity contribution in [2.45, 2.75) is 25.0 Å². The van der Waals surface area contributed by atoms with Crippen LogP contribution in [-0.4, -0.2) is 27.7 Å². The molecule has 1 aromatic heterocycles. The molecule has 0 saturated carbocycles. The van der Waals surface area contributed by atoms with Gasteiger partial charge >= 0.3 is 0 Å². The van der Waals surface area contributed by atoms with Crippen LogP contribution in [-0.2, 0) is 6.42 Å². The molecule has 1 atom stereocenters. The highest BCUT2D eigenvalue weighted by Crippen LogP contribution is 2.15. The Morgan fingerprint density at radius 2 is 2.14 bits per heavy atom. The van der Waals surface area contributed by atoms with Crippen LogP contribution in [0.25, 0.3) is 0 Å². The van der Waals surface area contributed by atoms with Crippen LogP contribution < -0.4 is 0 Å². The van der Waals surface area contributed by atoms with Gasteiger partial charge in [0.1, 0.15) is 0 Å². The van der Waals surface area contributed by atoms with Crippen molar-refractivity contribution in [2.24, 2.45) is 0 Å². The Bertz CT molecular complexity index is 240. The highest BCUT2D eigenvalue weighted by molar-refractivity contribution is 7.99. The smallest absolute Gasteiger partial charge is 0.0441 e. The SMILES string of the molecule is CC(CCO)SCCc1ccncc1. The number of nitrogens with zero attached hydrogens (tertiary/aromatic N) is 1. The fourth-order valence-electron chi connectivity index (χ4n) is 1.19. The van der Waals surface area contributed by atoms with Gasteiger partial charge in [-0.15, -0.1) is 0 Å². The molecule has 0 aliphatic carbocycles. The molecule has 0 radical (unpaired) electrons. The first kappa shape index (κ1) is 11.5. The molecular weight excluding hydrogens is 194 g/mol. The molecule has 1 N–H and O–H groups in total. The van der Waals surface area contributed by atoms with E-state index in [0.717, 1.165) is 18.6 Å². The van der Waals surface area contributed by atoms with Gasteiger partial charge < -0.3 is 5.11 Å². The Labute approximate surface area is 89.8 Å². The molecule has 0 bridgehead atoms. The van der Waals surface area contributed by atoms with Gasteiger partial charge in [-0.25, -0.2) is 0 Å². The standard InChI is InChI=1S/C11H17NOS/c1-10(4-8-13)14-9-5-11-2-6-12-7-3-11/h2-3,6-7,10,13H,4-5,8-9H2,1H3. The van der Waals surface area contributed by atoms with E-state index in [9.17, 15) is 0 Å². The third-order valence-electron chi connectivity index (χ3n) is 2.08. The summed E-state index contributed by atoms with van der Waals surface area (Å²) in [6.07, 6.45) is 5.64. The van der Waals surface area contributed by atoms with E-state index in [1.807, 2.05) is 24.2 Å². The molecule has 78 valence electrons. The lowest BCUT2D eigenvalue weighted by Crippen LogP contribution is -2.01. The van der Waals surface area contributed by atoms with Crippen LogP contribution in [0.1, 0.15) is 18.9 Å². The molecule has 0 fully saturated rings. The van der Waals surface area contributed by atoms with E-state index in [1.165, 1.54) is 5.56 Å². The minimum atomic E-state index is 0.295. The second kappa shape index (κ2) is 6.85. The van der Waals surface area contributed by atoms with Gasteiger partial charge in [-0.3, -0.25) is 4.98 Å².